The van der Waals surface area contributed by atoms with Gasteiger partial charge in [0.1, 0.15) is 16.3 Å². The van der Waals surface area contributed by atoms with Crippen LogP contribution in [0.15, 0.2) is 52.9 Å². The SMILES string of the molecule is CCC[C@H]1N(C(=O)c2ncccc2C(F)(F)F)CCC[C@]1(Oc1csc(C(F)(F)F)c1)C(=O)N1CCc2cc(S(C)(=O)=O)ccc2C1. The molecule has 1 fully saturated rings. The number of sulfone groups is 1. The summed E-state index contributed by atoms with van der Waals surface area (Å²) in [6.07, 6.45) is -6.67. The average molecular weight is 704 g/mol. The van der Waals surface area contributed by atoms with Crippen LogP contribution >= 0.6 is 11.3 Å². The van der Waals surface area contributed by atoms with Crippen LogP contribution in [0.25, 0.3) is 0 Å². The zero-order chi connectivity index (χ0) is 34.4. The Morgan fingerprint density at radius 2 is 1.81 bits per heavy atom. The Labute approximate surface area is 271 Å². The van der Waals surface area contributed by atoms with E-state index in [-0.39, 0.29) is 56.0 Å². The number of hydrogen-bond acceptors (Lipinski definition) is 7. The molecule has 1 saturated heterocycles. The van der Waals surface area contributed by atoms with Crippen LogP contribution in [0.5, 0.6) is 5.75 Å². The molecule has 254 valence electrons. The van der Waals surface area contributed by atoms with Gasteiger partial charge >= 0.3 is 12.4 Å². The first-order chi connectivity index (χ1) is 22.0. The molecule has 16 heteroatoms. The van der Waals surface area contributed by atoms with Crippen LogP contribution in [0.4, 0.5) is 26.3 Å². The molecule has 8 nitrogen and oxygen atoms in total. The number of hydrogen-bond donors (Lipinski definition) is 0. The van der Waals surface area contributed by atoms with E-state index in [0.29, 0.717) is 28.9 Å². The second-order valence-corrected chi connectivity index (χ2v) is 14.5. The van der Waals surface area contributed by atoms with E-state index in [1.165, 1.54) is 17.0 Å². The Balaban J connectivity index is 1.58. The van der Waals surface area contributed by atoms with Gasteiger partial charge in [0.2, 0.25) is 5.60 Å². The zero-order valence-electron chi connectivity index (χ0n) is 25.3. The van der Waals surface area contributed by atoms with Gasteiger partial charge in [0.15, 0.2) is 9.84 Å². The van der Waals surface area contributed by atoms with Gasteiger partial charge in [0.25, 0.3) is 11.8 Å². The standard InChI is InChI=1S/C31H31F6N3O5S2/c1-3-6-24-29(45-21-16-25(46-18-21)31(35,36)37,11-5-13-40(24)27(41)26-23(30(32,33)34)7-4-12-38-26)28(42)39-14-10-19-15-22(47(2,43)44)9-8-20(19)17-39/h4,7-9,12,15-16,18,24H,3,5-6,10-11,13-14,17H2,1-2H3/t24-,29-/m1/s1. The van der Waals surface area contributed by atoms with Gasteiger partial charge in [-0.2, -0.15) is 26.3 Å². The summed E-state index contributed by atoms with van der Waals surface area (Å²) in [5.41, 5.74) is -2.70. The normalized spacial score (nSPS) is 20.6. The van der Waals surface area contributed by atoms with Crippen LogP contribution in [0, 0.1) is 0 Å². The van der Waals surface area contributed by atoms with E-state index >= 15 is 0 Å². The van der Waals surface area contributed by atoms with E-state index < -0.39 is 61.8 Å². The highest BCUT2D eigenvalue weighted by Crippen LogP contribution is 2.43. The van der Waals surface area contributed by atoms with Gasteiger partial charge in [0.05, 0.1) is 16.5 Å². The van der Waals surface area contributed by atoms with Crippen molar-refractivity contribution in [1.82, 2.24) is 14.8 Å². The Bertz CT molecular complexity index is 1780. The molecule has 2 atom stereocenters. The minimum atomic E-state index is -4.90. The largest absolute Gasteiger partial charge is 0.474 e. The second-order valence-electron chi connectivity index (χ2n) is 11.6. The molecule has 0 radical (unpaired) electrons. The number of fused-ring (bicyclic) bond motifs is 1. The molecule has 2 amide bonds. The summed E-state index contributed by atoms with van der Waals surface area (Å²) in [7, 11) is -3.49. The summed E-state index contributed by atoms with van der Waals surface area (Å²) in [6, 6.07) is 5.94. The lowest BCUT2D eigenvalue weighted by Gasteiger charge is -2.50. The molecule has 1 aromatic carbocycles. The van der Waals surface area contributed by atoms with Crippen molar-refractivity contribution in [3.8, 4) is 5.75 Å². The summed E-state index contributed by atoms with van der Waals surface area (Å²) in [6.45, 7) is 1.83. The van der Waals surface area contributed by atoms with Gasteiger partial charge in [-0.15, -0.1) is 11.3 Å². The van der Waals surface area contributed by atoms with Crippen LogP contribution in [0.3, 0.4) is 0 Å². The molecule has 2 aliphatic heterocycles. The summed E-state index contributed by atoms with van der Waals surface area (Å²) >= 11 is 0.369. The quantitative estimate of drug-likeness (QED) is 0.265. The van der Waals surface area contributed by atoms with Crippen molar-refractivity contribution in [3.05, 3.63) is 75.2 Å². The molecular weight excluding hydrogens is 672 g/mol. The predicted octanol–water partition coefficient (Wildman–Crippen LogP) is 6.39. The molecule has 5 rings (SSSR count). The van der Waals surface area contributed by atoms with Crippen LogP contribution < -0.4 is 4.74 Å². The number of benzene rings is 1. The molecule has 2 aliphatic rings. The second kappa shape index (κ2) is 12.7. The topological polar surface area (TPSA) is 96.9 Å². The zero-order valence-corrected chi connectivity index (χ0v) is 27.0. The number of ether oxygens (including phenoxy) is 1. The fraction of sp³-hybridized carbons (Fsp3) is 0.452. The fourth-order valence-corrected chi connectivity index (χ4v) is 7.63. The van der Waals surface area contributed by atoms with Crippen LogP contribution in [0.1, 0.15) is 64.7 Å². The molecule has 0 N–H and O–H groups in total. The van der Waals surface area contributed by atoms with Crippen LogP contribution in [-0.2, 0) is 39.9 Å². The number of halogens is 6. The maximum absolute atomic E-state index is 14.7. The summed E-state index contributed by atoms with van der Waals surface area (Å²) in [5.74, 6) is -1.96. The molecule has 47 heavy (non-hydrogen) atoms. The minimum absolute atomic E-state index is 0.0199. The Morgan fingerprint density at radius 1 is 1.06 bits per heavy atom. The molecule has 3 aromatic rings. The minimum Gasteiger partial charge on any atom is -0.474 e. The molecule has 0 spiro atoms. The van der Waals surface area contributed by atoms with Crippen LogP contribution in [0.2, 0.25) is 0 Å². The van der Waals surface area contributed by atoms with E-state index in [1.54, 1.807) is 13.0 Å². The third-order valence-corrected chi connectivity index (χ3v) is 10.5. The van der Waals surface area contributed by atoms with Gasteiger partial charge < -0.3 is 14.5 Å². The average Bonchev–Trinajstić information content (AvgIpc) is 3.49. The predicted molar refractivity (Wildman–Crippen MR) is 160 cm³/mol. The van der Waals surface area contributed by atoms with Gasteiger partial charge in [0, 0.05) is 50.0 Å². The number of aromatic nitrogens is 1. The number of nitrogens with zero attached hydrogens (tertiary/aromatic N) is 3. The fourth-order valence-electron chi connectivity index (χ4n) is 6.28. The number of alkyl halides is 6. The molecule has 2 aromatic heterocycles. The van der Waals surface area contributed by atoms with Crippen LogP contribution in [-0.4, -0.2) is 66.0 Å². The third kappa shape index (κ3) is 6.98. The van der Waals surface area contributed by atoms with Gasteiger partial charge in [-0.1, -0.05) is 19.4 Å². The first-order valence-electron chi connectivity index (χ1n) is 14.7. The molecule has 0 bridgehead atoms. The van der Waals surface area contributed by atoms with E-state index in [0.717, 1.165) is 40.9 Å². The summed E-state index contributed by atoms with van der Waals surface area (Å²) < 4.78 is 113. The summed E-state index contributed by atoms with van der Waals surface area (Å²) in [5, 5.41) is 1.11. The molecular formula is C31H31F6N3O5S2. The van der Waals surface area contributed by atoms with Gasteiger partial charge in [-0.3, -0.25) is 14.6 Å². The number of likely N-dealkylation sites (tertiary alicyclic amines) is 1. The van der Waals surface area contributed by atoms with Crippen molar-refractivity contribution >= 4 is 33.0 Å². The number of carbonyl (C=O) groups is 2. The number of pyridine rings is 1. The highest BCUT2D eigenvalue weighted by atomic mass is 32.2. The number of amides is 2. The maximum atomic E-state index is 14.7. The number of piperidine rings is 1. The van der Waals surface area contributed by atoms with Crippen molar-refractivity contribution in [1.29, 1.82) is 0 Å². The van der Waals surface area contributed by atoms with E-state index in [1.807, 2.05) is 0 Å². The van der Waals surface area contributed by atoms with Crippen molar-refractivity contribution in [3.63, 3.8) is 0 Å². The maximum Gasteiger partial charge on any atom is 0.425 e. The van der Waals surface area contributed by atoms with E-state index in [4.69, 9.17) is 4.74 Å². The van der Waals surface area contributed by atoms with Crippen molar-refractivity contribution in [2.24, 2.45) is 0 Å². The molecule has 0 unspecified atom stereocenters. The lowest BCUT2D eigenvalue weighted by Crippen LogP contribution is -2.68. The van der Waals surface area contributed by atoms with Crippen molar-refractivity contribution in [2.75, 3.05) is 19.3 Å². The number of rotatable bonds is 7. The van der Waals surface area contributed by atoms with Crippen molar-refractivity contribution < 1.29 is 49.1 Å². The highest BCUT2D eigenvalue weighted by Gasteiger charge is 2.56. The van der Waals surface area contributed by atoms with E-state index in [2.05, 4.69) is 4.98 Å². The van der Waals surface area contributed by atoms with Gasteiger partial charge in [-0.25, -0.2) is 8.42 Å². The molecule has 4 heterocycles. The van der Waals surface area contributed by atoms with E-state index in [9.17, 15) is 44.3 Å². The lowest BCUT2D eigenvalue weighted by atomic mass is 9.79. The number of carbonyl (C=O) groups excluding carboxylic acids is 2. The smallest absolute Gasteiger partial charge is 0.425 e. The molecule has 0 aliphatic carbocycles. The number of thiophene rings is 1. The lowest BCUT2D eigenvalue weighted by molar-refractivity contribution is -0.160. The van der Waals surface area contributed by atoms with Crippen molar-refractivity contribution in [2.45, 2.75) is 74.5 Å². The summed E-state index contributed by atoms with van der Waals surface area (Å²) in [4.78, 5) is 34.1. The molecule has 0 saturated carbocycles. The third-order valence-electron chi connectivity index (χ3n) is 8.42. The first kappa shape index (κ1) is 34.7. The monoisotopic (exact) mass is 703 g/mol. The first-order valence-corrected chi connectivity index (χ1v) is 17.5. The Hall–Kier alpha value is -3.66. The Kier molecular flexibility index (Phi) is 9.40. The Morgan fingerprint density at radius 3 is 2.45 bits per heavy atom. The highest BCUT2D eigenvalue weighted by molar-refractivity contribution is 7.90. The van der Waals surface area contributed by atoms with Gasteiger partial charge in [-0.05, 0) is 54.7 Å².